The van der Waals surface area contributed by atoms with E-state index >= 15 is 0 Å². The van der Waals surface area contributed by atoms with Crippen LogP contribution in [0.25, 0.3) is 0 Å². The number of allylic oxidation sites excluding steroid dienone is 4. The maximum atomic E-state index is 11.2. The van der Waals surface area contributed by atoms with Gasteiger partial charge in [-0.2, -0.15) is 0 Å². The van der Waals surface area contributed by atoms with Crippen molar-refractivity contribution in [3.63, 3.8) is 0 Å². The number of rotatable bonds is 2. The third-order valence-electron chi connectivity index (χ3n) is 2.37. The third kappa shape index (κ3) is 1.47. The molecule has 0 aromatic carbocycles. The fourth-order valence-electron chi connectivity index (χ4n) is 1.69. The Bertz CT molecular complexity index is 238. The first-order chi connectivity index (χ1) is 5.86. The Kier molecular flexibility index (Phi) is 2.07. The van der Waals surface area contributed by atoms with Crippen LogP contribution in [-0.4, -0.2) is 0 Å². The van der Waals surface area contributed by atoms with Crippen molar-refractivity contribution < 1.29 is 9.84 Å². The highest BCUT2D eigenvalue weighted by molar-refractivity contribution is 5.11. The van der Waals surface area contributed by atoms with E-state index < -0.39 is 0 Å². The van der Waals surface area contributed by atoms with Gasteiger partial charge in [0.1, 0.15) is 5.76 Å². The summed E-state index contributed by atoms with van der Waals surface area (Å²) >= 11 is 0. The van der Waals surface area contributed by atoms with Gasteiger partial charge in [0.05, 0.1) is 5.76 Å². The molecule has 0 heterocycles. The van der Waals surface area contributed by atoms with Gasteiger partial charge in [0.25, 0.3) is 0 Å². The van der Waals surface area contributed by atoms with Crippen molar-refractivity contribution in [3.05, 3.63) is 23.4 Å². The highest BCUT2D eigenvalue weighted by Crippen LogP contribution is 2.30. The minimum Gasteiger partial charge on any atom is -0.463 e. The van der Waals surface area contributed by atoms with Crippen LogP contribution in [0.5, 0.6) is 0 Å². The van der Waals surface area contributed by atoms with Crippen LogP contribution >= 0.6 is 0 Å². The van der Waals surface area contributed by atoms with Crippen LogP contribution in [0.15, 0.2) is 23.4 Å². The minimum absolute atomic E-state index is 0.211. The van der Waals surface area contributed by atoms with Gasteiger partial charge in [-0.05, 0) is 25.3 Å². The van der Waals surface area contributed by atoms with E-state index in [1.807, 2.05) is 0 Å². The second-order valence-corrected chi connectivity index (χ2v) is 3.36. The molecule has 0 atom stereocenters. The molecule has 2 heteroatoms. The molecule has 1 radical (unpaired) electrons. The minimum atomic E-state index is 0.211. The van der Waals surface area contributed by atoms with Gasteiger partial charge in [-0.1, -0.05) is 0 Å². The first-order valence-electron chi connectivity index (χ1n) is 4.62. The Morgan fingerprint density at radius 3 is 2.67 bits per heavy atom. The molecule has 0 saturated carbocycles. The normalized spacial score (nSPS) is 23.2. The van der Waals surface area contributed by atoms with Crippen molar-refractivity contribution in [2.24, 2.45) is 0 Å². The van der Waals surface area contributed by atoms with Gasteiger partial charge in [-0.15, -0.1) is 0 Å². The van der Waals surface area contributed by atoms with Crippen molar-refractivity contribution in [2.75, 3.05) is 0 Å². The molecule has 2 aliphatic rings. The molecule has 2 aliphatic carbocycles. The molecule has 0 aromatic rings. The van der Waals surface area contributed by atoms with Crippen LogP contribution in [0.2, 0.25) is 0 Å². The molecule has 0 aliphatic heterocycles. The lowest BCUT2D eigenvalue weighted by molar-refractivity contribution is 0.226. The van der Waals surface area contributed by atoms with Crippen LogP contribution in [0.1, 0.15) is 38.5 Å². The summed E-state index contributed by atoms with van der Waals surface area (Å²) in [5.74, 6) is 1.92. The Morgan fingerprint density at radius 2 is 2.08 bits per heavy atom. The zero-order valence-corrected chi connectivity index (χ0v) is 7.14. The summed E-state index contributed by atoms with van der Waals surface area (Å²) in [6.07, 6.45) is 7.89. The quantitative estimate of drug-likeness (QED) is 0.618. The van der Waals surface area contributed by atoms with Gasteiger partial charge >= 0.3 is 0 Å². The molecule has 0 amide bonds. The zero-order valence-electron chi connectivity index (χ0n) is 7.14. The average molecular weight is 165 g/mol. The summed E-state index contributed by atoms with van der Waals surface area (Å²) in [6, 6.07) is 0. The first kappa shape index (κ1) is 7.71. The largest absolute Gasteiger partial charge is 0.463 e. The summed E-state index contributed by atoms with van der Waals surface area (Å²) in [6.45, 7) is 0. The smallest absolute Gasteiger partial charge is 0.193 e. The first-order valence-corrected chi connectivity index (χ1v) is 4.62. The van der Waals surface area contributed by atoms with Crippen molar-refractivity contribution in [2.45, 2.75) is 38.5 Å². The second kappa shape index (κ2) is 3.21. The van der Waals surface area contributed by atoms with Crippen LogP contribution < -0.4 is 0 Å². The molecular weight excluding hydrogens is 152 g/mol. The Hall–Kier alpha value is -0.920. The molecule has 0 aromatic heterocycles. The van der Waals surface area contributed by atoms with Crippen molar-refractivity contribution in [3.8, 4) is 0 Å². The van der Waals surface area contributed by atoms with Crippen molar-refractivity contribution in [1.82, 2.24) is 0 Å². The summed E-state index contributed by atoms with van der Waals surface area (Å²) in [7, 11) is 0. The van der Waals surface area contributed by atoms with Crippen molar-refractivity contribution in [1.29, 1.82) is 0 Å². The molecule has 0 fully saturated rings. The van der Waals surface area contributed by atoms with Gasteiger partial charge < -0.3 is 4.74 Å². The lowest BCUT2D eigenvalue weighted by Crippen LogP contribution is -1.89. The Morgan fingerprint density at radius 1 is 1.17 bits per heavy atom. The number of hydrogen-bond acceptors (Lipinski definition) is 1. The highest BCUT2D eigenvalue weighted by atomic mass is 16.5. The summed E-state index contributed by atoms with van der Waals surface area (Å²) in [5, 5.41) is 11.2. The predicted octanol–water partition coefficient (Wildman–Crippen LogP) is 2.90. The average Bonchev–Trinajstić information content (AvgIpc) is 2.65. The number of hydrogen-bond donors (Lipinski definition) is 0. The topological polar surface area (TPSA) is 29.1 Å². The summed E-state index contributed by atoms with van der Waals surface area (Å²) < 4.78 is 5.51. The van der Waals surface area contributed by atoms with Crippen LogP contribution in [0, 0.1) is 0 Å². The molecule has 0 N–H and O–H groups in total. The summed E-state index contributed by atoms with van der Waals surface area (Å²) in [5.41, 5.74) is 0. The molecule has 0 spiro atoms. The fraction of sp³-hybridized carbons (Fsp3) is 0.600. The van der Waals surface area contributed by atoms with E-state index in [-0.39, 0.29) is 5.76 Å². The van der Waals surface area contributed by atoms with E-state index in [1.165, 1.54) is 6.42 Å². The van der Waals surface area contributed by atoms with Gasteiger partial charge in [0.2, 0.25) is 0 Å². The molecule has 0 bridgehead atoms. The molecule has 2 rings (SSSR count). The predicted molar refractivity (Wildman–Crippen MR) is 44.6 cm³/mol. The Labute approximate surface area is 72.5 Å². The molecular formula is C10H13O2. The standard InChI is InChI=1S/C10H13O2/c11-9-6-3-7-10(9)12-8-4-1-2-5-8/h4H,1-3,5-7H2. The van der Waals surface area contributed by atoms with E-state index in [0.717, 1.165) is 31.4 Å². The van der Waals surface area contributed by atoms with Gasteiger partial charge in [0, 0.05) is 19.3 Å². The maximum absolute atomic E-state index is 11.2. The Balaban J connectivity index is 1.98. The second-order valence-electron chi connectivity index (χ2n) is 3.36. The molecule has 0 unspecified atom stereocenters. The lowest BCUT2D eigenvalue weighted by Gasteiger charge is -2.05. The van der Waals surface area contributed by atoms with Crippen LogP contribution in [0.4, 0.5) is 0 Å². The van der Waals surface area contributed by atoms with E-state index in [0.29, 0.717) is 12.2 Å². The lowest BCUT2D eigenvalue weighted by atomic mass is 10.3. The third-order valence-corrected chi connectivity index (χ3v) is 2.37. The number of ether oxygens (including phenoxy) is 1. The van der Waals surface area contributed by atoms with Crippen molar-refractivity contribution >= 4 is 0 Å². The van der Waals surface area contributed by atoms with E-state index in [4.69, 9.17) is 4.74 Å². The molecule has 2 nitrogen and oxygen atoms in total. The molecule has 0 saturated heterocycles. The summed E-state index contributed by atoms with van der Waals surface area (Å²) in [4.78, 5) is 0. The highest BCUT2D eigenvalue weighted by Gasteiger charge is 2.19. The molecule has 12 heavy (non-hydrogen) atoms. The van der Waals surface area contributed by atoms with Crippen LogP contribution in [-0.2, 0) is 9.84 Å². The molecule has 65 valence electrons. The van der Waals surface area contributed by atoms with Crippen LogP contribution in [0.3, 0.4) is 0 Å². The SMILES string of the molecule is [O]C1=C(OC2=CCCC2)CCC1. The van der Waals surface area contributed by atoms with Gasteiger partial charge in [-0.25, -0.2) is 0 Å². The zero-order chi connectivity index (χ0) is 8.39. The van der Waals surface area contributed by atoms with Gasteiger partial charge in [0.15, 0.2) is 5.76 Å². The van der Waals surface area contributed by atoms with E-state index in [2.05, 4.69) is 6.08 Å². The van der Waals surface area contributed by atoms with E-state index in [1.54, 1.807) is 0 Å². The maximum Gasteiger partial charge on any atom is 0.193 e. The fourth-order valence-corrected chi connectivity index (χ4v) is 1.69. The van der Waals surface area contributed by atoms with Gasteiger partial charge in [-0.3, -0.25) is 5.11 Å². The van der Waals surface area contributed by atoms with E-state index in [9.17, 15) is 5.11 Å². The monoisotopic (exact) mass is 165 g/mol.